The third-order valence-electron chi connectivity index (χ3n) is 2.45. The van der Waals surface area contributed by atoms with Crippen LogP contribution >= 0.6 is 11.5 Å². The van der Waals surface area contributed by atoms with Crippen LogP contribution in [0, 0.1) is 5.92 Å². The van der Waals surface area contributed by atoms with Crippen molar-refractivity contribution < 1.29 is 14.7 Å². The van der Waals surface area contributed by atoms with Gasteiger partial charge in [-0.25, -0.2) is 4.98 Å². The third-order valence-corrected chi connectivity index (χ3v) is 3.12. The number of carboxylic acids is 1. The number of rotatable bonds is 6. The molecule has 0 bridgehead atoms. The summed E-state index contributed by atoms with van der Waals surface area (Å²) < 4.78 is 4.14. The predicted molar refractivity (Wildman–Crippen MR) is 61.8 cm³/mol. The lowest BCUT2D eigenvalue weighted by Gasteiger charge is -1.97. The fourth-order valence-corrected chi connectivity index (χ4v) is 1.98. The van der Waals surface area contributed by atoms with Gasteiger partial charge in [0.2, 0.25) is 11.0 Å². The Balaban J connectivity index is 1.78. The van der Waals surface area contributed by atoms with Crippen molar-refractivity contribution in [2.45, 2.75) is 32.1 Å². The Hall–Kier alpha value is -1.50. The van der Waals surface area contributed by atoms with Gasteiger partial charge in [-0.15, -0.1) is 0 Å². The van der Waals surface area contributed by atoms with Crippen LogP contribution in [0.15, 0.2) is 0 Å². The molecule has 1 aromatic heterocycles. The molecular formula is C10H13N3O3S. The molecule has 0 spiro atoms. The molecule has 0 aromatic carbocycles. The lowest BCUT2D eigenvalue weighted by molar-refractivity contribution is -0.138. The molecule has 1 amide bonds. The van der Waals surface area contributed by atoms with Crippen molar-refractivity contribution in [3.05, 3.63) is 5.82 Å². The van der Waals surface area contributed by atoms with Crippen LogP contribution < -0.4 is 5.32 Å². The van der Waals surface area contributed by atoms with Crippen LogP contribution in [0.5, 0.6) is 0 Å². The fraction of sp³-hybridized carbons (Fsp3) is 0.600. The molecule has 0 radical (unpaired) electrons. The highest BCUT2D eigenvalue weighted by Gasteiger charge is 2.23. The van der Waals surface area contributed by atoms with Crippen molar-refractivity contribution in [1.82, 2.24) is 9.36 Å². The minimum Gasteiger partial charge on any atom is -0.481 e. The summed E-state index contributed by atoms with van der Waals surface area (Å²) in [6, 6.07) is 0. The molecule has 2 rings (SSSR count). The first-order valence-electron chi connectivity index (χ1n) is 5.47. The lowest BCUT2D eigenvalue weighted by atomic mass is 10.3. The molecule has 2 N–H and O–H groups in total. The molecule has 92 valence electrons. The van der Waals surface area contributed by atoms with Gasteiger partial charge in [0.05, 0.1) is 6.42 Å². The number of nitrogens with zero attached hydrogens (tertiary/aromatic N) is 2. The van der Waals surface area contributed by atoms with Crippen molar-refractivity contribution in [2.75, 3.05) is 5.32 Å². The van der Waals surface area contributed by atoms with Gasteiger partial charge in [-0.3, -0.25) is 9.59 Å². The Morgan fingerprint density at radius 3 is 2.82 bits per heavy atom. The Morgan fingerprint density at radius 2 is 2.18 bits per heavy atom. The molecule has 1 heterocycles. The quantitative estimate of drug-likeness (QED) is 0.799. The third kappa shape index (κ3) is 4.10. The summed E-state index contributed by atoms with van der Waals surface area (Å²) in [7, 11) is 0. The number of amides is 1. The first-order valence-corrected chi connectivity index (χ1v) is 6.25. The highest BCUT2D eigenvalue weighted by Crippen LogP contribution is 2.32. The number of carbonyl (C=O) groups excluding carboxylic acids is 1. The van der Waals surface area contributed by atoms with E-state index in [1.54, 1.807) is 0 Å². The van der Waals surface area contributed by atoms with Gasteiger partial charge in [0.15, 0.2) is 0 Å². The molecular weight excluding hydrogens is 242 g/mol. The summed E-state index contributed by atoms with van der Waals surface area (Å²) >= 11 is 1.14. The van der Waals surface area contributed by atoms with Crippen LogP contribution in [-0.4, -0.2) is 26.3 Å². The largest absolute Gasteiger partial charge is 0.481 e. The summed E-state index contributed by atoms with van der Waals surface area (Å²) in [6.45, 7) is 0. The maximum Gasteiger partial charge on any atom is 0.303 e. The fourth-order valence-electron chi connectivity index (χ4n) is 1.37. The number of carbonyl (C=O) groups is 2. The number of anilines is 1. The average molecular weight is 255 g/mol. The molecule has 6 nitrogen and oxygen atoms in total. The number of carboxylic acid groups (broad SMARTS) is 1. The molecule has 0 aliphatic heterocycles. The van der Waals surface area contributed by atoms with Gasteiger partial charge in [-0.2, -0.15) is 4.37 Å². The monoisotopic (exact) mass is 255 g/mol. The highest BCUT2D eigenvalue weighted by molar-refractivity contribution is 7.09. The van der Waals surface area contributed by atoms with E-state index < -0.39 is 5.97 Å². The smallest absolute Gasteiger partial charge is 0.303 e. The van der Waals surface area contributed by atoms with E-state index in [0.29, 0.717) is 11.0 Å². The van der Waals surface area contributed by atoms with Gasteiger partial charge >= 0.3 is 5.97 Å². The van der Waals surface area contributed by atoms with E-state index in [4.69, 9.17) is 5.11 Å². The molecule has 1 aromatic rings. The van der Waals surface area contributed by atoms with E-state index in [9.17, 15) is 9.59 Å². The Bertz CT molecular complexity index is 428. The van der Waals surface area contributed by atoms with E-state index >= 15 is 0 Å². The van der Waals surface area contributed by atoms with Crippen LogP contribution in [0.4, 0.5) is 5.13 Å². The molecule has 7 heteroatoms. The SMILES string of the molecule is O=C(O)CCC(=O)Nc1nc(CC2CC2)ns1. The number of nitrogens with one attached hydrogen (secondary N) is 1. The van der Waals surface area contributed by atoms with Gasteiger partial charge in [0, 0.05) is 24.4 Å². The van der Waals surface area contributed by atoms with Crippen LogP contribution in [0.3, 0.4) is 0 Å². The van der Waals surface area contributed by atoms with Crippen LogP contribution in [0.1, 0.15) is 31.5 Å². The normalized spacial score (nSPS) is 14.6. The van der Waals surface area contributed by atoms with Gasteiger partial charge in [-0.1, -0.05) is 0 Å². The summed E-state index contributed by atoms with van der Waals surface area (Å²) in [5, 5.41) is 11.4. The summed E-state index contributed by atoms with van der Waals surface area (Å²) in [5.41, 5.74) is 0. The van der Waals surface area contributed by atoms with Crippen molar-refractivity contribution in [2.24, 2.45) is 5.92 Å². The second kappa shape index (κ2) is 5.22. The summed E-state index contributed by atoms with van der Waals surface area (Å²) in [4.78, 5) is 25.8. The van der Waals surface area contributed by atoms with E-state index in [-0.39, 0.29) is 18.7 Å². The second-order valence-electron chi connectivity index (χ2n) is 4.11. The Kier molecular flexibility index (Phi) is 3.68. The zero-order valence-corrected chi connectivity index (χ0v) is 10.00. The number of hydrogen-bond acceptors (Lipinski definition) is 5. The van der Waals surface area contributed by atoms with Gasteiger partial charge in [0.1, 0.15) is 5.82 Å². The Morgan fingerprint density at radius 1 is 1.41 bits per heavy atom. The standard InChI is InChI=1S/C10H13N3O3S/c14-8(3-4-9(15)16)12-10-11-7(13-17-10)5-6-1-2-6/h6H,1-5H2,(H,15,16)(H,11,12,13,14). The molecule has 1 fully saturated rings. The van der Waals surface area contributed by atoms with Crippen molar-refractivity contribution in [3.63, 3.8) is 0 Å². The Labute approximate surface area is 102 Å². The minimum absolute atomic E-state index is 0.0348. The van der Waals surface area contributed by atoms with Crippen LogP contribution in [0.25, 0.3) is 0 Å². The van der Waals surface area contributed by atoms with Gasteiger partial charge < -0.3 is 10.4 Å². The lowest BCUT2D eigenvalue weighted by Crippen LogP contribution is -2.13. The first-order chi connectivity index (χ1) is 8.13. The van der Waals surface area contributed by atoms with E-state index in [1.807, 2.05) is 0 Å². The average Bonchev–Trinajstić information content (AvgIpc) is 2.96. The highest BCUT2D eigenvalue weighted by atomic mass is 32.1. The molecule has 0 atom stereocenters. The minimum atomic E-state index is -0.980. The zero-order valence-electron chi connectivity index (χ0n) is 9.18. The van der Waals surface area contributed by atoms with E-state index in [2.05, 4.69) is 14.7 Å². The maximum atomic E-state index is 11.3. The van der Waals surface area contributed by atoms with E-state index in [0.717, 1.165) is 23.8 Å². The number of aliphatic carboxylic acids is 1. The molecule has 0 unspecified atom stereocenters. The van der Waals surface area contributed by atoms with Crippen molar-refractivity contribution in [3.8, 4) is 0 Å². The van der Waals surface area contributed by atoms with Gasteiger partial charge in [0.25, 0.3) is 0 Å². The van der Waals surface area contributed by atoms with E-state index in [1.165, 1.54) is 12.8 Å². The predicted octanol–water partition coefficient (Wildman–Crippen LogP) is 1.29. The first kappa shape index (κ1) is 12.0. The zero-order chi connectivity index (χ0) is 12.3. The molecule has 1 aliphatic rings. The summed E-state index contributed by atoms with van der Waals surface area (Å²) in [5.74, 6) is 0.166. The number of hydrogen-bond donors (Lipinski definition) is 2. The molecule has 17 heavy (non-hydrogen) atoms. The van der Waals surface area contributed by atoms with Crippen molar-refractivity contribution >= 4 is 28.5 Å². The van der Waals surface area contributed by atoms with Crippen molar-refractivity contribution in [1.29, 1.82) is 0 Å². The second-order valence-corrected chi connectivity index (χ2v) is 4.86. The molecule has 1 aliphatic carbocycles. The molecule has 0 saturated heterocycles. The maximum absolute atomic E-state index is 11.3. The van der Waals surface area contributed by atoms with Gasteiger partial charge in [-0.05, 0) is 18.8 Å². The summed E-state index contributed by atoms with van der Waals surface area (Å²) in [6.07, 6.45) is 3.15. The topological polar surface area (TPSA) is 92.2 Å². The van der Waals surface area contributed by atoms with Crippen LogP contribution in [-0.2, 0) is 16.0 Å². The van der Waals surface area contributed by atoms with Crippen LogP contribution in [0.2, 0.25) is 0 Å². The molecule has 1 saturated carbocycles. The number of aromatic nitrogens is 2.